The molecule has 4 rings (SSSR count). The Morgan fingerprint density at radius 3 is 2.25 bits per heavy atom. The van der Waals surface area contributed by atoms with Crippen LogP contribution in [0.4, 0.5) is 11.5 Å². The van der Waals surface area contributed by atoms with Crippen LogP contribution in [0.15, 0.2) is 88.4 Å². The first-order valence-corrected chi connectivity index (χ1v) is 13.2. The van der Waals surface area contributed by atoms with Gasteiger partial charge in [-0.05, 0) is 48.5 Å². The average molecular weight is 529 g/mol. The molecule has 0 fully saturated rings. The molecule has 0 atom stereocenters. The summed E-state index contributed by atoms with van der Waals surface area (Å²) in [5, 5.41) is 4.98. The van der Waals surface area contributed by atoms with Gasteiger partial charge < -0.3 is 14.8 Å². The van der Waals surface area contributed by atoms with Crippen molar-refractivity contribution in [2.24, 2.45) is 0 Å². The highest BCUT2D eigenvalue weighted by Gasteiger charge is 2.40. The Kier molecular flexibility index (Phi) is 6.52. The minimum atomic E-state index is -4.54. The molecule has 3 aromatic rings. The van der Waals surface area contributed by atoms with E-state index in [1.54, 1.807) is 12.1 Å². The van der Waals surface area contributed by atoms with Crippen LogP contribution in [0.1, 0.15) is 12.5 Å². The third-order valence-electron chi connectivity index (χ3n) is 5.08. The summed E-state index contributed by atoms with van der Waals surface area (Å²) in [5.41, 5.74) is -0.275. The van der Waals surface area contributed by atoms with E-state index in [2.05, 4.69) is 15.6 Å². The van der Waals surface area contributed by atoms with E-state index in [4.69, 9.17) is 4.18 Å². The summed E-state index contributed by atoms with van der Waals surface area (Å²) >= 11 is 0. The van der Waals surface area contributed by atoms with E-state index < -0.39 is 37.5 Å². The van der Waals surface area contributed by atoms with Crippen molar-refractivity contribution in [2.75, 3.05) is 17.7 Å². The van der Waals surface area contributed by atoms with Crippen LogP contribution >= 0.6 is 0 Å². The molecule has 0 bridgehead atoms. The van der Waals surface area contributed by atoms with Crippen molar-refractivity contribution in [1.82, 2.24) is 9.29 Å². The minimum absolute atomic E-state index is 0.0970. The molecule has 0 unspecified atom stereocenters. The molecule has 11 nitrogen and oxygen atoms in total. The molecule has 13 heteroatoms. The molecule has 0 radical (unpaired) electrons. The molecular formula is C23H20N4O7S2. The number of rotatable bonds is 6. The lowest BCUT2D eigenvalue weighted by molar-refractivity contribution is -0.114. The molecule has 0 saturated heterocycles. The number of carbonyl (C=O) groups excluding carboxylic acids is 2. The van der Waals surface area contributed by atoms with Crippen LogP contribution in [0, 0.1) is 0 Å². The van der Waals surface area contributed by atoms with Crippen LogP contribution < -0.4 is 10.6 Å². The van der Waals surface area contributed by atoms with E-state index >= 15 is 0 Å². The fraction of sp³-hybridized carbons (Fsp3) is 0.0870. The fourth-order valence-electron chi connectivity index (χ4n) is 3.43. The van der Waals surface area contributed by atoms with Crippen molar-refractivity contribution in [3.8, 4) is 0 Å². The molecular weight excluding hydrogens is 508 g/mol. The highest BCUT2D eigenvalue weighted by Crippen LogP contribution is 2.38. The van der Waals surface area contributed by atoms with Gasteiger partial charge in [-0.2, -0.15) is 8.42 Å². The second kappa shape index (κ2) is 9.43. The number of fused-ring (bicyclic) bond motifs is 1. The van der Waals surface area contributed by atoms with E-state index in [1.165, 1.54) is 67.7 Å². The summed E-state index contributed by atoms with van der Waals surface area (Å²) in [6.07, 6.45) is 1.42. The van der Waals surface area contributed by atoms with Crippen LogP contribution in [0.5, 0.6) is 0 Å². The molecule has 0 aliphatic carbocycles. The number of likely N-dealkylation sites (N-methyl/N-ethyl adjacent to an activating group) is 1. The number of amides is 2. The van der Waals surface area contributed by atoms with Gasteiger partial charge >= 0.3 is 10.1 Å². The highest BCUT2D eigenvalue weighted by atomic mass is 32.2. The lowest BCUT2D eigenvalue weighted by atomic mass is 10.1. The molecule has 0 saturated carbocycles. The lowest BCUT2D eigenvalue weighted by Crippen LogP contribution is -2.38. The Bertz CT molecular complexity index is 1580. The number of hydrogen-bond acceptors (Lipinski definition) is 8. The molecule has 2 aromatic carbocycles. The Hall–Kier alpha value is -4.23. The van der Waals surface area contributed by atoms with E-state index in [0.29, 0.717) is 9.99 Å². The number of nitrogens with zero attached hydrogens (tertiary/aromatic N) is 2. The minimum Gasteiger partial charge on any atom is -0.376 e. The zero-order valence-electron chi connectivity index (χ0n) is 19.0. The maximum absolute atomic E-state index is 13.2. The summed E-state index contributed by atoms with van der Waals surface area (Å²) in [6.45, 7) is 1.31. The smallest absolute Gasteiger partial charge is 0.339 e. The fourth-order valence-corrected chi connectivity index (χ4v) is 5.77. The Labute approximate surface area is 207 Å². The highest BCUT2D eigenvalue weighted by molar-refractivity contribution is 7.89. The Morgan fingerprint density at radius 2 is 1.61 bits per heavy atom. The first-order chi connectivity index (χ1) is 17.0. The van der Waals surface area contributed by atoms with E-state index in [0.717, 1.165) is 7.05 Å². The predicted octanol–water partition coefficient (Wildman–Crippen LogP) is 2.39. The van der Waals surface area contributed by atoms with E-state index in [9.17, 15) is 26.4 Å². The zero-order chi connectivity index (χ0) is 26.1. The van der Waals surface area contributed by atoms with Crippen molar-refractivity contribution >= 4 is 49.2 Å². The van der Waals surface area contributed by atoms with Crippen molar-refractivity contribution in [3.63, 3.8) is 0 Å². The van der Waals surface area contributed by atoms with Gasteiger partial charge in [0.15, 0.2) is 11.5 Å². The van der Waals surface area contributed by atoms with Gasteiger partial charge in [0.05, 0.1) is 4.90 Å². The number of carbonyl (C=O) groups is 2. The van der Waals surface area contributed by atoms with Crippen LogP contribution in [-0.2, 0) is 33.9 Å². The standard InChI is InChI=1S/C23H20N4O7S2/c1-15(28)25-16-10-12-17(13-11-16)36(32,33)34-22-18-7-3-4-8-19(18)35(30,31)27(2)21(22)23(29)26-20-9-5-6-14-24-20/h3-14H,1-2H3,(H,25,28)(H,24,26,29). The molecule has 1 aromatic heterocycles. The van der Waals surface area contributed by atoms with Crippen LogP contribution in [0.25, 0.3) is 5.76 Å². The summed E-state index contributed by atoms with van der Waals surface area (Å²) in [6, 6.07) is 15.5. The molecule has 36 heavy (non-hydrogen) atoms. The molecule has 2 heterocycles. The zero-order valence-corrected chi connectivity index (χ0v) is 20.6. The van der Waals surface area contributed by atoms with Crippen molar-refractivity contribution in [2.45, 2.75) is 16.7 Å². The van der Waals surface area contributed by atoms with Crippen molar-refractivity contribution in [3.05, 3.63) is 84.2 Å². The van der Waals surface area contributed by atoms with Gasteiger partial charge in [0.1, 0.15) is 10.7 Å². The summed E-state index contributed by atoms with van der Waals surface area (Å²) in [7, 11) is -7.61. The number of nitrogens with one attached hydrogen (secondary N) is 2. The second-order valence-electron chi connectivity index (χ2n) is 7.56. The van der Waals surface area contributed by atoms with Gasteiger partial charge in [0.25, 0.3) is 15.9 Å². The number of benzene rings is 2. The summed E-state index contributed by atoms with van der Waals surface area (Å²) in [5.74, 6) is -1.63. The number of anilines is 2. The van der Waals surface area contributed by atoms with Gasteiger partial charge in [-0.25, -0.2) is 13.4 Å². The number of aromatic nitrogens is 1. The third-order valence-corrected chi connectivity index (χ3v) is 8.13. The van der Waals surface area contributed by atoms with Crippen LogP contribution in [-0.4, -0.2) is 45.0 Å². The largest absolute Gasteiger partial charge is 0.376 e. The van der Waals surface area contributed by atoms with E-state index in [1.807, 2.05) is 0 Å². The number of pyridine rings is 1. The molecule has 1 aliphatic heterocycles. The summed E-state index contributed by atoms with van der Waals surface area (Å²) < 4.78 is 58.7. The molecule has 0 spiro atoms. The van der Waals surface area contributed by atoms with Crippen molar-refractivity contribution in [1.29, 1.82) is 0 Å². The maximum Gasteiger partial charge on any atom is 0.339 e. The number of hydrogen-bond donors (Lipinski definition) is 2. The molecule has 2 N–H and O–H groups in total. The SMILES string of the molecule is CC(=O)Nc1ccc(S(=O)(=O)OC2=C(C(=O)Nc3ccccn3)N(C)S(=O)(=O)c3ccccc32)cc1. The molecule has 2 amide bonds. The second-order valence-corrected chi connectivity index (χ2v) is 11.0. The molecule has 1 aliphatic rings. The van der Waals surface area contributed by atoms with Crippen molar-refractivity contribution < 1.29 is 30.6 Å². The average Bonchev–Trinajstić information content (AvgIpc) is 2.83. The van der Waals surface area contributed by atoms with Crippen LogP contribution in [0.3, 0.4) is 0 Å². The first kappa shape index (κ1) is 24.9. The lowest BCUT2D eigenvalue weighted by Gasteiger charge is -2.30. The maximum atomic E-state index is 13.2. The summed E-state index contributed by atoms with van der Waals surface area (Å²) in [4.78, 5) is 27.9. The van der Waals surface area contributed by atoms with Gasteiger partial charge in [-0.1, -0.05) is 18.2 Å². The topological polar surface area (TPSA) is 152 Å². The van der Waals surface area contributed by atoms with Crippen LogP contribution in [0.2, 0.25) is 0 Å². The van der Waals surface area contributed by atoms with Gasteiger partial charge in [0.2, 0.25) is 5.91 Å². The van der Waals surface area contributed by atoms with Gasteiger partial charge in [0, 0.05) is 31.4 Å². The Balaban J connectivity index is 1.83. The number of sulfonamides is 1. The normalized spacial score (nSPS) is 14.6. The quantitative estimate of drug-likeness (QED) is 0.463. The third kappa shape index (κ3) is 4.78. The molecule has 186 valence electrons. The predicted molar refractivity (Wildman–Crippen MR) is 130 cm³/mol. The monoisotopic (exact) mass is 528 g/mol. The Morgan fingerprint density at radius 1 is 0.944 bits per heavy atom. The first-order valence-electron chi connectivity index (χ1n) is 10.4. The van der Waals surface area contributed by atoms with E-state index in [-0.39, 0.29) is 27.1 Å². The van der Waals surface area contributed by atoms with Gasteiger partial charge in [-0.3, -0.25) is 13.9 Å². The van der Waals surface area contributed by atoms with Gasteiger partial charge in [-0.15, -0.1) is 0 Å².